The Kier molecular flexibility index (Phi) is 5.15. The fourth-order valence-electron chi connectivity index (χ4n) is 2.47. The van der Waals surface area contributed by atoms with Crippen molar-refractivity contribution in [2.75, 3.05) is 0 Å². The van der Waals surface area contributed by atoms with Gasteiger partial charge in [0.25, 0.3) is 0 Å². The van der Waals surface area contributed by atoms with Crippen molar-refractivity contribution < 1.29 is 9.53 Å². The van der Waals surface area contributed by atoms with Gasteiger partial charge < -0.3 is 4.74 Å². The van der Waals surface area contributed by atoms with Crippen molar-refractivity contribution >= 4 is 52.4 Å². The van der Waals surface area contributed by atoms with E-state index in [9.17, 15) is 4.79 Å². The minimum Gasteiger partial charge on any atom is -0.461 e. The summed E-state index contributed by atoms with van der Waals surface area (Å²) < 4.78 is 5.51. The van der Waals surface area contributed by atoms with Gasteiger partial charge in [0.2, 0.25) is 0 Å². The summed E-state index contributed by atoms with van der Waals surface area (Å²) >= 11 is 23.3. The lowest BCUT2D eigenvalue weighted by molar-refractivity contribution is -0.147. The fraction of sp³-hybridized carbons (Fsp3) is 0.400. The van der Waals surface area contributed by atoms with Crippen molar-refractivity contribution in [3.63, 3.8) is 0 Å². The maximum Gasteiger partial charge on any atom is 0.310 e. The number of rotatable bonds is 4. The van der Waals surface area contributed by atoms with Crippen LogP contribution >= 0.6 is 46.4 Å². The topological polar surface area (TPSA) is 26.3 Å². The number of allylic oxidation sites excluding steroid dienone is 1. The van der Waals surface area contributed by atoms with Crippen molar-refractivity contribution in [2.24, 2.45) is 17.3 Å². The van der Waals surface area contributed by atoms with Gasteiger partial charge in [0.1, 0.15) is 11.1 Å². The van der Waals surface area contributed by atoms with Gasteiger partial charge in [0, 0.05) is 15.6 Å². The molecule has 0 bridgehead atoms. The van der Waals surface area contributed by atoms with Crippen LogP contribution in [0.1, 0.15) is 19.4 Å². The Bertz CT molecular complexity index is 591. The summed E-state index contributed by atoms with van der Waals surface area (Å²) in [6.45, 7) is 4.04. The molecule has 2 nitrogen and oxygen atoms in total. The zero-order valence-corrected chi connectivity index (χ0v) is 14.5. The number of esters is 1. The Morgan fingerprint density at radius 3 is 2.62 bits per heavy atom. The first-order valence-corrected chi connectivity index (χ1v) is 7.88. The van der Waals surface area contributed by atoms with Gasteiger partial charge in [0.15, 0.2) is 0 Å². The number of ether oxygens (including phenoxy) is 1. The smallest absolute Gasteiger partial charge is 0.310 e. The second kappa shape index (κ2) is 6.37. The Balaban J connectivity index is 2.00. The van der Waals surface area contributed by atoms with Crippen LogP contribution in [0.4, 0.5) is 0 Å². The van der Waals surface area contributed by atoms with E-state index in [2.05, 4.69) is 0 Å². The Labute approximate surface area is 144 Å². The SMILES string of the molecule is CC1(C)C(C=C(Cl)Cl)C1C(=O)OCc1cc(Cl)ccc1Cl. The van der Waals surface area contributed by atoms with Gasteiger partial charge >= 0.3 is 5.97 Å². The van der Waals surface area contributed by atoms with E-state index in [1.54, 1.807) is 24.3 Å². The summed E-state index contributed by atoms with van der Waals surface area (Å²) in [5.41, 5.74) is 0.475. The summed E-state index contributed by atoms with van der Waals surface area (Å²) in [6, 6.07) is 5.04. The number of hydrogen-bond donors (Lipinski definition) is 0. The second-order valence-corrected chi connectivity index (χ2v) is 7.48. The summed E-state index contributed by atoms with van der Waals surface area (Å²) in [5.74, 6) is -0.542. The van der Waals surface area contributed by atoms with Crippen molar-refractivity contribution in [3.8, 4) is 0 Å². The molecule has 0 radical (unpaired) electrons. The Morgan fingerprint density at radius 1 is 1.33 bits per heavy atom. The molecule has 1 aromatic carbocycles. The van der Waals surface area contributed by atoms with E-state index in [4.69, 9.17) is 51.1 Å². The van der Waals surface area contributed by atoms with Crippen molar-refractivity contribution in [2.45, 2.75) is 20.5 Å². The first-order chi connectivity index (χ1) is 9.73. The molecule has 114 valence electrons. The second-order valence-electron chi connectivity index (χ2n) is 5.62. The standard InChI is InChI=1S/C15H14Cl4O2/c1-15(2)10(6-12(18)19)13(15)14(20)21-7-8-5-9(16)3-4-11(8)17/h3-6,10,13H,7H2,1-2H3. The molecular formula is C15H14Cl4O2. The van der Waals surface area contributed by atoms with Gasteiger partial charge in [0.05, 0.1) is 5.92 Å². The third kappa shape index (κ3) is 3.87. The summed E-state index contributed by atoms with van der Waals surface area (Å²) in [6.07, 6.45) is 1.68. The van der Waals surface area contributed by atoms with Crippen molar-refractivity contribution in [1.29, 1.82) is 0 Å². The van der Waals surface area contributed by atoms with Crippen LogP contribution < -0.4 is 0 Å². The molecule has 6 heteroatoms. The molecule has 0 aromatic heterocycles. The molecule has 0 N–H and O–H groups in total. The maximum atomic E-state index is 12.2. The maximum absolute atomic E-state index is 12.2. The highest BCUT2D eigenvalue weighted by Crippen LogP contribution is 2.60. The van der Waals surface area contributed by atoms with Crippen LogP contribution in [0.2, 0.25) is 10.0 Å². The monoisotopic (exact) mass is 366 g/mol. The highest BCUT2D eigenvalue weighted by molar-refractivity contribution is 6.55. The van der Waals surface area contributed by atoms with E-state index in [-0.39, 0.29) is 34.3 Å². The molecule has 0 aliphatic heterocycles. The lowest BCUT2D eigenvalue weighted by Crippen LogP contribution is -2.10. The van der Waals surface area contributed by atoms with Crippen LogP contribution in [0.25, 0.3) is 0 Å². The molecule has 1 aliphatic carbocycles. The molecule has 0 amide bonds. The highest BCUT2D eigenvalue weighted by atomic mass is 35.5. The Morgan fingerprint density at radius 2 is 2.00 bits per heavy atom. The minimum atomic E-state index is -0.285. The molecule has 21 heavy (non-hydrogen) atoms. The van der Waals surface area contributed by atoms with Crippen LogP contribution in [0.5, 0.6) is 0 Å². The first kappa shape index (κ1) is 17.0. The minimum absolute atomic E-state index is 0.00941. The van der Waals surface area contributed by atoms with Crippen molar-refractivity contribution in [1.82, 2.24) is 0 Å². The van der Waals surface area contributed by atoms with Gasteiger partial charge in [-0.3, -0.25) is 4.79 Å². The lowest BCUT2D eigenvalue weighted by Gasteiger charge is -2.07. The molecule has 2 atom stereocenters. The third-order valence-electron chi connectivity index (χ3n) is 3.85. The number of hydrogen-bond acceptors (Lipinski definition) is 2. The Hall–Kier alpha value is -0.410. The van der Waals surface area contributed by atoms with E-state index < -0.39 is 0 Å². The normalized spacial score (nSPS) is 22.6. The first-order valence-electron chi connectivity index (χ1n) is 6.37. The van der Waals surface area contributed by atoms with Crippen LogP contribution in [0.15, 0.2) is 28.8 Å². The van der Waals surface area contributed by atoms with E-state index >= 15 is 0 Å². The molecule has 0 spiro atoms. The fourth-order valence-corrected chi connectivity index (χ4v) is 3.11. The predicted octanol–water partition coefficient (Wildman–Crippen LogP) is 5.63. The quantitative estimate of drug-likeness (QED) is 0.644. The molecule has 1 fully saturated rings. The van der Waals surface area contributed by atoms with E-state index in [0.29, 0.717) is 15.6 Å². The van der Waals surface area contributed by atoms with Crippen LogP contribution in [0.3, 0.4) is 0 Å². The average Bonchev–Trinajstić information content (AvgIpc) is 2.90. The molecule has 1 aliphatic rings. The van der Waals surface area contributed by atoms with Gasteiger partial charge in [-0.25, -0.2) is 0 Å². The molecular weight excluding hydrogens is 354 g/mol. The average molecular weight is 368 g/mol. The van der Waals surface area contributed by atoms with Gasteiger partial charge in [-0.2, -0.15) is 0 Å². The van der Waals surface area contributed by atoms with E-state index in [1.165, 1.54) is 0 Å². The van der Waals surface area contributed by atoms with E-state index in [1.807, 2.05) is 13.8 Å². The van der Waals surface area contributed by atoms with Crippen molar-refractivity contribution in [3.05, 3.63) is 44.4 Å². The molecule has 0 heterocycles. The van der Waals surface area contributed by atoms with Crippen LogP contribution in [0, 0.1) is 17.3 Å². The summed E-state index contributed by atoms with van der Waals surface area (Å²) in [7, 11) is 0. The molecule has 1 aromatic rings. The van der Waals surface area contributed by atoms with Crippen LogP contribution in [-0.2, 0) is 16.1 Å². The highest BCUT2D eigenvalue weighted by Gasteiger charge is 2.61. The molecule has 1 saturated carbocycles. The number of carbonyl (C=O) groups is 1. The number of benzene rings is 1. The summed E-state index contributed by atoms with van der Waals surface area (Å²) in [5, 5.41) is 1.06. The number of carbonyl (C=O) groups excluding carboxylic acids is 1. The number of halogens is 4. The van der Waals surface area contributed by atoms with Gasteiger partial charge in [-0.05, 0) is 35.6 Å². The predicted molar refractivity (Wildman–Crippen MR) is 86.8 cm³/mol. The third-order valence-corrected chi connectivity index (χ3v) is 4.70. The summed E-state index contributed by atoms with van der Waals surface area (Å²) in [4.78, 5) is 12.2. The van der Waals surface area contributed by atoms with E-state index in [0.717, 1.165) is 0 Å². The molecule has 0 saturated heterocycles. The van der Waals surface area contributed by atoms with Gasteiger partial charge in [-0.15, -0.1) is 0 Å². The molecule has 2 unspecified atom stereocenters. The zero-order chi connectivity index (χ0) is 15.8. The lowest BCUT2D eigenvalue weighted by atomic mass is 10.1. The van der Waals surface area contributed by atoms with Gasteiger partial charge in [-0.1, -0.05) is 60.3 Å². The largest absolute Gasteiger partial charge is 0.461 e. The zero-order valence-electron chi connectivity index (χ0n) is 11.5. The van der Waals surface area contributed by atoms with Crippen LogP contribution in [-0.4, -0.2) is 5.97 Å². The molecule has 2 rings (SSSR count).